The zero-order chi connectivity index (χ0) is 14.9. The van der Waals surface area contributed by atoms with Gasteiger partial charge in [0.1, 0.15) is 18.1 Å². The molecule has 1 saturated heterocycles. The van der Waals surface area contributed by atoms with E-state index >= 15 is 0 Å². The number of likely N-dealkylation sites (N-methyl/N-ethyl adjacent to an activating group) is 1. The average molecular weight is 280 g/mol. The molecule has 1 aromatic rings. The first-order chi connectivity index (χ1) is 9.43. The Morgan fingerprint density at radius 1 is 1.50 bits per heavy atom. The fraction of sp³-hybridized carbons (Fsp3) is 0.667. The van der Waals surface area contributed by atoms with E-state index in [0.717, 1.165) is 13.1 Å². The van der Waals surface area contributed by atoms with E-state index in [0.29, 0.717) is 35.7 Å². The van der Waals surface area contributed by atoms with Gasteiger partial charge in [-0.25, -0.2) is 0 Å². The molecule has 0 aliphatic carbocycles. The van der Waals surface area contributed by atoms with Crippen LogP contribution in [0.2, 0.25) is 0 Å². The zero-order valence-corrected chi connectivity index (χ0v) is 13.0. The molecule has 1 aromatic heterocycles. The predicted molar refractivity (Wildman–Crippen MR) is 76.7 cm³/mol. The Labute approximate surface area is 120 Å². The Bertz CT molecular complexity index is 481. The van der Waals surface area contributed by atoms with Crippen LogP contribution in [-0.4, -0.2) is 56.0 Å². The summed E-state index contributed by atoms with van der Waals surface area (Å²) in [6.45, 7) is 5.99. The molecule has 5 heteroatoms. The normalized spacial score (nSPS) is 22.8. The standard InChI is InChI=1S/C15H24N2O3/c1-10-7-17(8-14(10)16(3)4)15(18)13-6-12(9-19-5)20-11(13)2/h6,10,14H,7-9H2,1-5H3/t10-,14-/m0/s1. The lowest BCUT2D eigenvalue weighted by Crippen LogP contribution is -2.35. The van der Waals surface area contributed by atoms with Crippen molar-refractivity contribution < 1.29 is 13.9 Å². The van der Waals surface area contributed by atoms with Crippen molar-refractivity contribution in [1.82, 2.24) is 9.80 Å². The largest absolute Gasteiger partial charge is 0.463 e. The number of carbonyl (C=O) groups is 1. The van der Waals surface area contributed by atoms with E-state index in [9.17, 15) is 4.79 Å². The fourth-order valence-electron chi connectivity index (χ4n) is 2.93. The van der Waals surface area contributed by atoms with Gasteiger partial charge in [-0.1, -0.05) is 6.92 Å². The molecule has 2 heterocycles. The smallest absolute Gasteiger partial charge is 0.257 e. The lowest BCUT2D eigenvalue weighted by atomic mass is 10.1. The minimum atomic E-state index is 0.0600. The van der Waals surface area contributed by atoms with Crippen molar-refractivity contribution in [2.75, 3.05) is 34.3 Å². The van der Waals surface area contributed by atoms with Crippen LogP contribution in [0, 0.1) is 12.8 Å². The number of rotatable bonds is 4. The van der Waals surface area contributed by atoms with E-state index < -0.39 is 0 Å². The molecule has 0 N–H and O–H groups in total. The molecule has 0 bridgehead atoms. The molecule has 1 amide bonds. The molecular weight excluding hydrogens is 256 g/mol. The highest BCUT2D eigenvalue weighted by atomic mass is 16.5. The van der Waals surface area contributed by atoms with E-state index in [-0.39, 0.29) is 5.91 Å². The van der Waals surface area contributed by atoms with Gasteiger partial charge in [-0.2, -0.15) is 0 Å². The molecular formula is C15H24N2O3. The molecule has 0 radical (unpaired) electrons. The van der Waals surface area contributed by atoms with Crippen molar-refractivity contribution in [2.24, 2.45) is 5.92 Å². The van der Waals surface area contributed by atoms with Crippen LogP contribution in [0.4, 0.5) is 0 Å². The Kier molecular flexibility index (Phi) is 4.50. The number of likely N-dealkylation sites (tertiary alicyclic amines) is 1. The minimum Gasteiger partial charge on any atom is -0.463 e. The van der Waals surface area contributed by atoms with Crippen LogP contribution >= 0.6 is 0 Å². The number of hydrogen-bond acceptors (Lipinski definition) is 4. The third kappa shape index (κ3) is 2.88. The van der Waals surface area contributed by atoms with Gasteiger partial charge in [0.15, 0.2) is 0 Å². The maximum absolute atomic E-state index is 12.6. The second kappa shape index (κ2) is 5.97. The van der Waals surface area contributed by atoms with Gasteiger partial charge >= 0.3 is 0 Å². The summed E-state index contributed by atoms with van der Waals surface area (Å²) in [4.78, 5) is 16.7. The van der Waals surface area contributed by atoms with E-state index in [4.69, 9.17) is 9.15 Å². The Morgan fingerprint density at radius 3 is 2.75 bits per heavy atom. The lowest BCUT2D eigenvalue weighted by molar-refractivity contribution is 0.0779. The number of aryl methyl sites for hydroxylation is 1. The third-order valence-corrected chi connectivity index (χ3v) is 4.01. The van der Waals surface area contributed by atoms with Crippen LogP contribution in [0.15, 0.2) is 10.5 Å². The molecule has 5 nitrogen and oxygen atoms in total. The first-order valence-corrected chi connectivity index (χ1v) is 6.98. The Morgan fingerprint density at radius 2 is 2.20 bits per heavy atom. The number of methoxy groups -OCH3 is 1. The Hall–Kier alpha value is -1.33. The number of nitrogens with zero attached hydrogens (tertiary/aromatic N) is 2. The molecule has 20 heavy (non-hydrogen) atoms. The number of hydrogen-bond donors (Lipinski definition) is 0. The van der Waals surface area contributed by atoms with Gasteiger partial charge < -0.3 is 19.0 Å². The van der Waals surface area contributed by atoms with Crippen LogP contribution in [-0.2, 0) is 11.3 Å². The van der Waals surface area contributed by atoms with E-state index in [1.807, 2.05) is 11.8 Å². The van der Waals surface area contributed by atoms with Crippen molar-refractivity contribution in [1.29, 1.82) is 0 Å². The first-order valence-electron chi connectivity index (χ1n) is 6.98. The molecule has 0 unspecified atom stereocenters. The van der Waals surface area contributed by atoms with Crippen LogP contribution in [0.25, 0.3) is 0 Å². The molecule has 1 fully saturated rings. The monoisotopic (exact) mass is 280 g/mol. The zero-order valence-electron chi connectivity index (χ0n) is 13.0. The maximum Gasteiger partial charge on any atom is 0.257 e. The molecule has 1 aliphatic heterocycles. The second-order valence-electron chi connectivity index (χ2n) is 5.83. The van der Waals surface area contributed by atoms with Crippen molar-refractivity contribution in [3.8, 4) is 0 Å². The van der Waals surface area contributed by atoms with Gasteiger partial charge in [-0.3, -0.25) is 4.79 Å². The van der Waals surface area contributed by atoms with Gasteiger partial charge in [0, 0.05) is 26.2 Å². The summed E-state index contributed by atoms with van der Waals surface area (Å²) in [6, 6.07) is 2.22. The van der Waals surface area contributed by atoms with E-state index in [1.54, 1.807) is 13.2 Å². The third-order valence-electron chi connectivity index (χ3n) is 4.01. The highest BCUT2D eigenvalue weighted by Crippen LogP contribution is 2.24. The van der Waals surface area contributed by atoms with Gasteiger partial charge in [0.05, 0.1) is 5.56 Å². The SMILES string of the molecule is COCc1cc(C(=O)N2C[C@H](C)[C@@H](N(C)C)C2)c(C)o1. The van der Waals surface area contributed by atoms with Crippen molar-refractivity contribution in [2.45, 2.75) is 26.5 Å². The Balaban J connectivity index is 2.12. The minimum absolute atomic E-state index is 0.0600. The first kappa shape index (κ1) is 15.1. The summed E-state index contributed by atoms with van der Waals surface area (Å²) in [7, 11) is 5.74. The van der Waals surface area contributed by atoms with Gasteiger partial charge in [-0.05, 0) is 33.0 Å². The quantitative estimate of drug-likeness (QED) is 0.843. The molecule has 0 saturated carbocycles. The fourth-order valence-corrected chi connectivity index (χ4v) is 2.93. The summed E-state index contributed by atoms with van der Waals surface area (Å²) in [5.41, 5.74) is 0.656. The summed E-state index contributed by atoms with van der Waals surface area (Å²) >= 11 is 0. The van der Waals surface area contributed by atoms with E-state index in [2.05, 4.69) is 25.9 Å². The summed E-state index contributed by atoms with van der Waals surface area (Å²) in [5, 5.41) is 0. The summed E-state index contributed by atoms with van der Waals surface area (Å²) < 4.78 is 10.6. The summed E-state index contributed by atoms with van der Waals surface area (Å²) in [5.74, 6) is 1.91. The predicted octanol–water partition coefficient (Wildman–Crippen LogP) is 1.76. The van der Waals surface area contributed by atoms with Gasteiger partial charge in [0.25, 0.3) is 5.91 Å². The molecule has 112 valence electrons. The van der Waals surface area contributed by atoms with Crippen LogP contribution in [0.1, 0.15) is 28.8 Å². The van der Waals surface area contributed by atoms with Crippen molar-refractivity contribution in [3.05, 3.63) is 23.2 Å². The molecule has 0 spiro atoms. The maximum atomic E-state index is 12.6. The number of ether oxygens (including phenoxy) is 1. The highest BCUT2D eigenvalue weighted by Gasteiger charge is 2.35. The van der Waals surface area contributed by atoms with Crippen molar-refractivity contribution >= 4 is 5.91 Å². The van der Waals surface area contributed by atoms with Crippen LogP contribution < -0.4 is 0 Å². The second-order valence-corrected chi connectivity index (χ2v) is 5.83. The molecule has 2 atom stereocenters. The van der Waals surface area contributed by atoms with Crippen LogP contribution in [0.3, 0.4) is 0 Å². The average Bonchev–Trinajstić information content (AvgIpc) is 2.92. The number of carbonyl (C=O) groups excluding carboxylic acids is 1. The lowest BCUT2D eigenvalue weighted by Gasteiger charge is -2.22. The number of furan rings is 1. The molecule has 1 aliphatic rings. The molecule has 0 aromatic carbocycles. The van der Waals surface area contributed by atoms with Gasteiger partial charge in [0.2, 0.25) is 0 Å². The summed E-state index contributed by atoms with van der Waals surface area (Å²) in [6.07, 6.45) is 0. The topological polar surface area (TPSA) is 45.9 Å². The van der Waals surface area contributed by atoms with E-state index in [1.165, 1.54) is 0 Å². The van der Waals surface area contributed by atoms with Crippen molar-refractivity contribution in [3.63, 3.8) is 0 Å². The number of amides is 1. The van der Waals surface area contributed by atoms with Gasteiger partial charge in [-0.15, -0.1) is 0 Å². The highest BCUT2D eigenvalue weighted by molar-refractivity contribution is 5.95. The molecule has 2 rings (SSSR count). The van der Waals surface area contributed by atoms with Crippen LogP contribution in [0.5, 0.6) is 0 Å².